The molecular weight excluding hydrogens is 488 g/mol. The van der Waals surface area contributed by atoms with E-state index in [1.165, 1.54) is 4.40 Å². The lowest BCUT2D eigenvalue weighted by molar-refractivity contribution is 0.513. The van der Waals surface area contributed by atoms with Crippen LogP contribution in [0.4, 0.5) is 0 Å². The minimum absolute atomic E-state index is 0.0971. The Morgan fingerprint density at radius 1 is 1.10 bits per heavy atom. The summed E-state index contributed by atoms with van der Waals surface area (Å²) in [5.74, 6) is -0.574. The summed E-state index contributed by atoms with van der Waals surface area (Å²) < 4.78 is 28.9. The van der Waals surface area contributed by atoms with Crippen molar-refractivity contribution in [3.63, 3.8) is 0 Å². The van der Waals surface area contributed by atoms with Crippen LogP contribution in [0.3, 0.4) is 0 Å². The van der Waals surface area contributed by atoms with E-state index in [0.29, 0.717) is 21.2 Å². The molecule has 0 saturated heterocycles. The molecule has 1 N–H and O–H groups in total. The zero-order valence-corrected chi connectivity index (χ0v) is 18.7. The highest BCUT2D eigenvalue weighted by Gasteiger charge is 2.26. The molecule has 2 aromatic carbocycles. The van der Waals surface area contributed by atoms with Gasteiger partial charge in [0.15, 0.2) is 10.2 Å². The number of rotatable bonds is 5. The maximum atomic E-state index is 13.4. The van der Waals surface area contributed by atoms with Gasteiger partial charge in [-0.25, -0.2) is 13.4 Å². The number of nitrogens with zero attached hydrogens (tertiary/aromatic N) is 2. The van der Waals surface area contributed by atoms with Gasteiger partial charge in [0.05, 0.1) is 5.75 Å². The standard InChI is InChI=1S/C22H16BrClN2O3S/c1-14(27)19-9-7-16(15-5-3-2-4-6-15)11-17(19)13-30(28,29)22-21(24)25-20-10-8-18(23)12-26(20)22/h2-12,27H,1,13H2. The Labute approximate surface area is 187 Å². The molecule has 8 heteroatoms. The fourth-order valence-corrected chi connectivity index (χ4v) is 5.72. The number of fused-ring (bicyclic) bond motifs is 1. The Kier molecular flexibility index (Phi) is 5.44. The molecule has 4 rings (SSSR count). The van der Waals surface area contributed by atoms with Crippen molar-refractivity contribution in [2.24, 2.45) is 0 Å². The lowest BCUT2D eigenvalue weighted by atomic mass is 9.99. The van der Waals surface area contributed by atoms with Crippen LogP contribution in [-0.4, -0.2) is 22.9 Å². The van der Waals surface area contributed by atoms with Crippen LogP contribution in [0.25, 0.3) is 22.5 Å². The molecule has 0 unspecified atom stereocenters. The Morgan fingerprint density at radius 3 is 2.53 bits per heavy atom. The van der Waals surface area contributed by atoms with Crippen LogP contribution in [0.1, 0.15) is 11.1 Å². The molecule has 0 aliphatic rings. The summed E-state index contributed by atoms with van der Waals surface area (Å²) in [5.41, 5.74) is 2.97. The second kappa shape index (κ2) is 7.91. The van der Waals surface area contributed by atoms with Crippen LogP contribution in [0.5, 0.6) is 0 Å². The monoisotopic (exact) mass is 502 g/mol. The van der Waals surface area contributed by atoms with Crippen molar-refractivity contribution in [2.45, 2.75) is 10.8 Å². The Morgan fingerprint density at radius 2 is 1.83 bits per heavy atom. The van der Waals surface area contributed by atoms with Gasteiger partial charge in [0, 0.05) is 16.2 Å². The molecule has 0 radical (unpaired) electrons. The van der Waals surface area contributed by atoms with Gasteiger partial charge in [-0.2, -0.15) is 0 Å². The topological polar surface area (TPSA) is 71.7 Å². The summed E-state index contributed by atoms with van der Waals surface area (Å²) in [4.78, 5) is 4.15. The highest BCUT2D eigenvalue weighted by Crippen LogP contribution is 2.31. The normalized spacial score (nSPS) is 11.7. The van der Waals surface area contributed by atoms with E-state index in [1.54, 1.807) is 30.5 Å². The average Bonchev–Trinajstić information content (AvgIpc) is 3.03. The second-order valence-electron chi connectivity index (χ2n) is 6.73. The van der Waals surface area contributed by atoms with E-state index in [9.17, 15) is 13.5 Å². The first-order chi connectivity index (χ1) is 14.3. The van der Waals surface area contributed by atoms with Crippen molar-refractivity contribution in [3.8, 4) is 11.1 Å². The van der Waals surface area contributed by atoms with E-state index in [0.717, 1.165) is 11.1 Å². The number of sulfone groups is 1. The SMILES string of the molecule is C=C(O)c1ccc(-c2ccccc2)cc1CS(=O)(=O)c1c(Cl)nc2ccc(Br)cn12. The van der Waals surface area contributed by atoms with Gasteiger partial charge in [0.2, 0.25) is 9.84 Å². The third-order valence-electron chi connectivity index (χ3n) is 4.66. The number of pyridine rings is 1. The third-order valence-corrected chi connectivity index (χ3v) is 7.18. The summed E-state index contributed by atoms with van der Waals surface area (Å²) in [6.07, 6.45) is 1.60. The molecule has 0 bridgehead atoms. The molecule has 2 heterocycles. The van der Waals surface area contributed by atoms with Crippen LogP contribution >= 0.6 is 27.5 Å². The number of aliphatic hydroxyl groups excluding tert-OH is 1. The van der Waals surface area contributed by atoms with Gasteiger partial charge in [0.1, 0.15) is 11.4 Å². The molecule has 0 amide bonds. The van der Waals surface area contributed by atoms with Crippen molar-refractivity contribution in [3.05, 3.63) is 94.2 Å². The van der Waals surface area contributed by atoms with E-state index in [-0.39, 0.29) is 21.7 Å². The number of hydrogen-bond donors (Lipinski definition) is 1. The molecule has 152 valence electrons. The third kappa shape index (κ3) is 3.88. The first-order valence-corrected chi connectivity index (χ1v) is 11.7. The molecule has 0 fully saturated rings. The molecule has 0 aliphatic carbocycles. The first-order valence-electron chi connectivity index (χ1n) is 8.89. The summed E-state index contributed by atoms with van der Waals surface area (Å²) >= 11 is 9.55. The number of imidazole rings is 1. The van der Waals surface area contributed by atoms with Crippen molar-refractivity contribution in [2.75, 3.05) is 0 Å². The van der Waals surface area contributed by atoms with E-state index in [4.69, 9.17) is 11.6 Å². The quantitative estimate of drug-likeness (QED) is 0.343. The number of halogens is 2. The first kappa shape index (κ1) is 20.7. The average molecular weight is 504 g/mol. The van der Waals surface area contributed by atoms with Gasteiger partial charge >= 0.3 is 0 Å². The molecule has 0 atom stereocenters. The van der Waals surface area contributed by atoms with Gasteiger partial charge in [-0.05, 0) is 50.8 Å². The van der Waals surface area contributed by atoms with Crippen LogP contribution in [0.15, 0.2) is 82.9 Å². The van der Waals surface area contributed by atoms with Crippen molar-refractivity contribution in [1.82, 2.24) is 9.38 Å². The zero-order chi connectivity index (χ0) is 21.5. The van der Waals surface area contributed by atoms with E-state index >= 15 is 0 Å². The number of aromatic nitrogens is 2. The summed E-state index contributed by atoms with van der Waals surface area (Å²) in [6, 6.07) is 18.2. The largest absolute Gasteiger partial charge is 0.508 e. The number of aliphatic hydroxyl groups is 1. The maximum absolute atomic E-state index is 13.4. The molecule has 5 nitrogen and oxygen atoms in total. The van der Waals surface area contributed by atoms with Gasteiger partial charge in [-0.15, -0.1) is 0 Å². The number of benzene rings is 2. The van der Waals surface area contributed by atoms with Crippen molar-refractivity contribution < 1.29 is 13.5 Å². The molecule has 4 aromatic rings. The summed E-state index contributed by atoms with van der Waals surface area (Å²) in [7, 11) is -3.90. The Hall–Kier alpha value is -2.61. The minimum atomic E-state index is -3.90. The lowest BCUT2D eigenvalue weighted by Gasteiger charge is -2.12. The Balaban J connectivity index is 1.84. The van der Waals surface area contributed by atoms with E-state index in [1.807, 2.05) is 36.4 Å². The smallest absolute Gasteiger partial charge is 0.201 e. The van der Waals surface area contributed by atoms with Crippen molar-refractivity contribution >= 4 is 48.8 Å². The molecule has 30 heavy (non-hydrogen) atoms. The molecular formula is C22H16BrClN2O3S. The molecule has 0 aliphatic heterocycles. The van der Waals surface area contributed by atoms with Crippen LogP contribution in [-0.2, 0) is 15.6 Å². The highest BCUT2D eigenvalue weighted by atomic mass is 79.9. The highest BCUT2D eigenvalue weighted by molar-refractivity contribution is 9.10. The van der Waals surface area contributed by atoms with E-state index in [2.05, 4.69) is 27.5 Å². The molecule has 2 aromatic heterocycles. The molecule has 0 spiro atoms. The minimum Gasteiger partial charge on any atom is -0.508 e. The number of hydrogen-bond acceptors (Lipinski definition) is 4. The summed E-state index contributed by atoms with van der Waals surface area (Å²) in [5, 5.41) is 9.82. The lowest BCUT2D eigenvalue weighted by Crippen LogP contribution is -2.10. The van der Waals surface area contributed by atoms with Gasteiger partial charge in [0.25, 0.3) is 0 Å². The predicted octanol–water partition coefficient (Wildman–Crippen LogP) is 5.92. The summed E-state index contributed by atoms with van der Waals surface area (Å²) in [6.45, 7) is 3.57. The predicted molar refractivity (Wildman–Crippen MR) is 122 cm³/mol. The van der Waals surface area contributed by atoms with Crippen LogP contribution < -0.4 is 0 Å². The fourth-order valence-electron chi connectivity index (χ4n) is 3.32. The zero-order valence-electron chi connectivity index (χ0n) is 15.6. The second-order valence-corrected chi connectivity index (χ2v) is 9.91. The maximum Gasteiger partial charge on any atom is 0.201 e. The van der Waals surface area contributed by atoms with Gasteiger partial charge in [-0.1, -0.05) is 60.6 Å². The fraction of sp³-hybridized carbons (Fsp3) is 0.0455. The van der Waals surface area contributed by atoms with Gasteiger partial charge < -0.3 is 5.11 Å². The van der Waals surface area contributed by atoms with Crippen molar-refractivity contribution in [1.29, 1.82) is 0 Å². The van der Waals surface area contributed by atoms with Crippen LogP contribution in [0.2, 0.25) is 5.15 Å². The Bertz CT molecular complexity index is 1380. The van der Waals surface area contributed by atoms with E-state index < -0.39 is 9.84 Å². The van der Waals surface area contributed by atoms with Crippen LogP contribution in [0, 0.1) is 0 Å². The van der Waals surface area contributed by atoms with Gasteiger partial charge in [-0.3, -0.25) is 4.40 Å². The molecule has 0 saturated carbocycles.